The topological polar surface area (TPSA) is 29.9 Å². The molecule has 0 aliphatic heterocycles. The van der Waals surface area contributed by atoms with Gasteiger partial charge in [-0.3, -0.25) is 4.68 Å². The Morgan fingerprint density at radius 3 is 2.35 bits per heavy atom. The van der Waals surface area contributed by atoms with E-state index in [0.717, 1.165) is 23.0 Å². The van der Waals surface area contributed by atoms with E-state index in [9.17, 15) is 0 Å². The predicted molar refractivity (Wildman–Crippen MR) is 76.3 cm³/mol. The number of hydrogen-bond donors (Lipinski definition) is 1. The van der Waals surface area contributed by atoms with Crippen molar-refractivity contribution in [2.45, 2.75) is 46.6 Å². The van der Waals surface area contributed by atoms with Crippen LogP contribution in [0.15, 0.2) is 4.47 Å². The van der Waals surface area contributed by atoms with Crippen LogP contribution in [0.5, 0.6) is 0 Å². The van der Waals surface area contributed by atoms with Crippen molar-refractivity contribution in [2.24, 2.45) is 12.5 Å². The quantitative estimate of drug-likeness (QED) is 0.926. The van der Waals surface area contributed by atoms with E-state index < -0.39 is 0 Å². The molecule has 3 nitrogen and oxygen atoms in total. The van der Waals surface area contributed by atoms with Gasteiger partial charge in [0.1, 0.15) is 0 Å². The molecule has 0 saturated heterocycles. The summed E-state index contributed by atoms with van der Waals surface area (Å²) in [6.45, 7) is 8.86. The van der Waals surface area contributed by atoms with E-state index in [0.29, 0.717) is 6.04 Å². The fourth-order valence-corrected chi connectivity index (χ4v) is 2.78. The highest BCUT2D eigenvalue weighted by Crippen LogP contribution is 2.26. The van der Waals surface area contributed by atoms with Gasteiger partial charge in [0.2, 0.25) is 0 Å². The number of nitrogens with zero attached hydrogens (tertiary/aromatic N) is 2. The van der Waals surface area contributed by atoms with Crippen molar-refractivity contribution < 1.29 is 0 Å². The van der Waals surface area contributed by atoms with Crippen LogP contribution >= 0.6 is 15.9 Å². The normalized spacial score (nSPS) is 14.1. The van der Waals surface area contributed by atoms with Gasteiger partial charge in [-0.25, -0.2) is 0 Å². The summed E-state index contributed by atoms with van der Waals surface area (Å²) in [6.07, 6.45) is 2.16. The second-order valence-electron chi connectivity index (χ2n) is 5.72. The SMILES string of the molecule is CNC(CCc1c(Br)c(C)nn1C)C(C)(C)C. The first-order valence-corrected chi connectivity index (χ1v) is 6.92. The molecule has 0 aliphatic carbocycles. The van der Waals surface area contributed by atoms with Crippen LogP contribution in [0.3, 0.4) is 0 Å². The third-order valence-corrected chi connectivity index (χ3v) is 4.36. The summed E-state index contributed by atoms with van der Waals surface area (Å²) in [6, 6.07) is 0.518. The van der Waals surface area contributed by atoms with Crippen LogP contribution in [0.2, 0.25) is 0 Å². The first-order chi connectivity index (χ1) is 7.77. The molecule has 1 aromatic rings. The van der Waals surface area contributed by atoms with Crippen LogP contribution in [0.1, 0.15) is 38.6 Å². The monoisotopic (exact) mass is 301 g/mol. The average molecular weight is 302 g/mol. The Bertz CT molecular complexity index is 377. The Kier molecular flexibility index (Phi) is 4.78. The van der Waals surface area contributed by atoms with Crippen molar-refractivity contribution in [2.75, 3.05) is 7.05 Å². The zero-order valence-electron chi connectivity index (χ0n) is 11.8. The van der Waals surface area contributed by atoms with Gasteiger partial charge >= 0.3 is 0 Å². The molecule has 17 heavy (non-hydrogen) atoms. The van der Waals surface area contributed by atoms with Crippen LogP contribution in [-0.2, 0) is 13.5 Å². The van der Waals surface area contributed by atoms with Crippen LogP contribution in [-0.4, -0.2) is 22.9 Å². The second-order valence-corrected chi connectivity index (χ2v) is 6.51. The van der Waals surface area contributed by atoms with Crippen molar-refractivity contribution >= 4 is 15.9 Å². The second kappa shape index (κ2) is 5.53. The molecule has 0 radical (unpaired) electrons. The van der Waals surface area contributed by atoms with E-state index >= 15 is 0 Å². The van der Waals surface area contributed by atoms with Crippen LogP contribution in [0.4, 0.5) is 0 Å². The first kappa shape index (κ1) is 14.7. The molecule has 98 valence electrons. The zero-order chi connectivity index (χ0) is 13.2. The van der Waals surface area contributed by atoms with Gasteiger partial charge in [-0.15, -0.1) is 0 Å². The summed E-state index contributed by atoms with van der Waals surface area (Å²) in [4.78, 5) is 0. The molecule has 0 aliphatic rings. The van der Waals surface area contributed by atoms with Crippen molar-refractivity contribution in [3.63, 3.8) is 0 Å². The van der Waals surface area contributed by atoms with Gasteiger partial charge in [0, 0.05) is 13.1 Å². The largest absolute Gasteiger partial charge is 0.316 e. The molecule has 0 amide bonds. The molecular formula is C13H24BrN3. The first-order valence-electron chi connectivity index (χ1n) is 6.12. The van der Waals surface area contributed by atoms with Gasteiger partial charge in [0.15, 0.2) is 0 Å². The third kappa shape index (κ3) is 3.55. The van der Waals surface area contributed by atoms with Gasteiger partial charge < -0.3 is 5.32 Å². The lowest BCUT2D eigenvalue weighted by atomic mass is 9.84. The lowest BCUT2D eigenvalue weighted by Crippen LogP contribution is -2.38. The summed E-state index contributed by atoms with van der Waals surface area (Å²) in [5.74, 6) is 0. The van der Waals surface area contributed by atoms with Crippen molar-refractivity contribution in [1.29, 1.82) is 0 Å². The molecule has 4 heteroatoms. The highest BCUT2D eigenvalue weighted by atomic mass is 79.9. The maximum absolute atomic E-state index is 4.43. The molecule has 1 heterocycles. The number of aryl methyl sites for hydroxylation is 2. The van der Waals surface area contributed by atoms with Gasteiger partial charge in [-0.1, -0.05) is 20.8 Å². The van der Waals surface area contributed by atoms with Gasteiger partial charge in [0.05, 0.1) is 15.9 Å². The molecule has 1 aromatic heterocycles. The molecule has 1 atom stereocenters. The summed E-state index contributed by atoms with van der Waals surface area (Å²) in [5, 5.41) is 7.84. The smallest absolute Gasteiger partial charge is 0.0738 e. The Hall–Kier alpha value is -0.350. The minimum Gasteiger partial charge on any atom is -0.316 e. The Balaban J connectivity index is 2.73. The molecule has 0 aromatic carbocycles. The van der Waals surface area contributed by atoms with Crippen molar-refractivity contribution in [3.8, 4) is 0 Å². The Morgan fingerprint density at radius 1 is 1.41 bits per heavy atom. The fourth-order valence-electron chi connectivity index (χ4n) is 2.24. The van der Waals surface area contributed by atoms with Crippen molar-refractivity contribution in [3.05, 3.63) is 15.9 Å². The number of aromatic nitrogens is 2. The van der Waals surface area contributed by atoms with Crippen LogP contribution < -0.4 is 5.32 Å². The summed E-state index contributed by atoms with van der Waals surface area (Å²) >= 11 is 3.62. The number of nitrogens with one attached hydrogen (secondary N) is 1. The third-order valence-electron chi connectivity index (χ3n) is 3.33. The minimum atomic E-state index is 0.287. The molecular weight excluding hydrogens is 278 g/mol. The zero-order valence-corrected chi connectivity index (χ0v) is 13.3. The van der Waals surface area contributed by atoms with Crippen molar-refractivity contribution in [1.82, 2.24) is 15.1 Å². The number of hydrogen-bond acceptors (Lipinski definition) is 2. The van der Waals surface area contributed by atoms with E-state index in [1.54, 1.807) is 0 Å². The van der Waals surface area contributed by atoms with E-state index in [-0.39, 0.29) is 5.41 Å². The number of halogens is 1. The van der Waals surface area contributed by atoms with E-state index in [4.69, 9.17) is 0 Å². The minimum absolute atomic E-state index is 0.287. The van der Waals surface area contributed by atoms with Gasteiger partial charge in [-0.2, -0.15) is 5.10 Å². The highest BCUT2D eigenvalue weighted by Gasteiger charge is 2.23. The van der Waals surface area contributed by atoms with Crippen LogP contribution in [0.25, 0.3) is 0 Å². The Morgan fingerprint density at radius 2 is 2.00 bits per heavy atom. The van der Waals surface area contributed by atoms with Gasteiger partial charge in [0.25, 0.3) is 0 Å². The maximum Gasteiger partial charge on any atom is 0.0738 e. The average Bonchev–Trinajstić information content (AvgIpc) is 2.43. The van der Waals surface area contributed by atoms with E-state index in [1.165, 1.54) is 5.69 Å². The summed E-state index contributed by atoms with van der Waals surface area (Å²) in [7, 11) is 4.05. The fraction of sp³-hybridized carbons (Fsp3) is 0.769. The van der Waals surface area contributed by atoms with Gasteiger partial charge in [-0.05, 0) is 48.2 Å². The standard InChI is InChI=1S/C13H24BrN3/c1-9-12(14)10(17(6)16-9)7-8-11(15-5)13(2,3)4/h11,15H,7-8H2,1-6H3. The molecule has 0 fully saturated rings. The van der Waals surface area contributed by atoms with E-state index in [2.05, 4.69) is 47.1 Å². The lowest BCUT2D eigenvalue weighted by Gasteiger charge is -2.30. The molecule has 0 saturated carbocycles. The molecule has 0 spiro atoms. The summed E-state index contributed by atoms with van der Waals surface area (Å²) < 4.78 is 3.14. The van der Waals surface area contributed by atoms with Crippen LogP contribution in [0, 0.1) is 12.3 Å². The van der Waals surface area contributed by atoms with E-state index in [1.807, 2.05) is 25.7 Å². The molecule has 1 unspecified atom stereocenters. The molecule has 1 N–H and O–H groups in total. The predicted octanol–water partition coefficient (Wildman–Crippen LogP) is 3.06. The Labute approximate surface area is 113 Å². The molecule has 1 rings (SSSR count). The highest BCUT2D eigenvalue weighted by molar-refractivity contribution is 9.10. The number of rotatable bonds is 4. The lowest BCUT2D eigenvalue weighted by molar-refractivity contribution is 0.266. The maximum atomic E-state index is 4.43. The summed E-state index contributed by atoms with van der Waals surface area (Å²) in [5.41, 5.74) is 2.64. The molecule has 0 bridgehead atoms.